The highest BCUT2D eigenvalue weighted by Crippen LogP contribution is 2.34. The highest BCUT2D eigenvalue weighted by atomic mass is 16.7. The van der Waals surface area contributed by atoms with Crippen LogP contribution in [0.25, 0.3) is 0 Å². The van der Waals surface area contributed by atoms with Gasteiger partial charge in [-0.25, -0.2) is 4.98 Å². The third-order valence-electron chi connectivity index (χ3n) is 3.77. The van der Waals surface area contributed by atoms with Gasteiger partial charge >= 0.3 is 0 Å². The van der Waals surface area contributed by atoms with Gasteiger partial charge in [-0.1, -0.05) is 0 Å². The fraction of sp³-hybridized carbons (Fsp3) is 0.333. The molecule has 1 aromatic heterocycles. The van der Waals surface area contributed by atoms with E-state index in [1.54, 1.807) is 18.2 Å². The zero-order chi connectivity index (χ0) is 14.2. The predicted octanol–water partition coefficient (Wildman–Crippen LogP) is 2.20. The Hall–Kier alpha value is -2.50. The highest BCUT2D eigenvalue weighted by Gasteiger charge is 2.18. The molecule has 1 aromatic carbocycles. The molecular weight excluding hydrogens is 270 g/mol. The molecule has 4 rings (SSSR count). The van der Waals surface area contributed by atoms with Gasteiger partial charge in [0.2, 0.25) is 6.79 Å². The number of aromatic nitrogens is 2. The van der Waals surface area contributed by atoms with Crippen LogP contribution in [-0.4, -0.2) is 22.3 Å². The van der Waals surface area contributed by atoms with Gasteiger partial charge < -0.3 is 19.4 Å². The monoisotopic (exact) mass is 285 g/mol. The maximum atomic E-state index is 12.3. The summed E-state index contributed by atoms with van der Waals surface area (Å²) in [6.07, 6.45) is 5.06. The molecule has 0 radical (unpaired) electrons. The molecule has 6 nitrogen and oxygen atoms in total. The van der Waals surface area contributed by atoms with Gasteiger partial charge in [-0.15, -0.1) is 0 Å². The van der Waals surface area contributed by atoms with E-state index in [4.69, 9.17) is 9.47 Å². The van der Waals surface area contributed by atoms with Crippen LogP contribution in [0.4, 0.5) is 5.69 Å². The summed E-state index contributed by atoms with van der Waals surface area (Å²) in [5, 5.41) is 2.85. The quantitative estimate of drug-likeness (QED) is 0.918. The number of imidazole rings is 1. The summed E-state index contributed by atoms with van der Waals surface area (Å²) in [7, 11) is 0. The zero-order valence-corrected chi connectivity index (χ0v) is 11.5. The number of aryl methyl sites for hydroxylation is 2. The summed E-state index contributed by atoms with van der Waals surface area (Å²) < 4.78 is 12.6. The number of anilines is 1. The molecule has 0 bridgehead atoms. The van der Waals surface area contributed by atoms with Crippen LogP contribution in [0.15, 0.2) is 24.4 Å². The van der Waals surface area contributed by atoms with E-state index in [9.17, 15) is 4.79 Å². The number of amides is 1. The SMILES string of the molecule is O=C(Nc1ccc2c(c1)OCO2)c1cn2c(n1)CCCC2. The molecule has 6 heteroatoms. The topological polar surface area (TPSA) is 65.4 Å². The summed E-state index contributed by atoms with van der Waals surface area (Å²) in [4.78, 5) is 16.7. The molecule has 2 aliphatic heterocycles. The minimum absolute atomic E-state index is 0.198. The molecule has 3 heterocycles. The summed E-state index contributed by atoms with van der Waals surface area (Å²) >= 11 is 0. The van der Waals surface area contributed by atoms with Crippen molar-refractivity contribution in [3.8, 4) is 11.5 Å². The van der Waals surface area contributed by atoms with Gasteiger partial charge in [0.05, 0.1) is 0 Å². The van der Waals surface area contributed by atoms with E-state index < -0.39 is 0 Å². The number of rotatable bonds is 2. The first-order valence-electron chi connectivity index (χ1n) is 7.07. The van der Waals surface area contributed by atoms with Crippen LogP contribution >= 0.6 is 0 Å². The van der Waals surface area contributed by atoms with Crippen LogP contribution in [-0.2, 0) is 13.0 Å². The number of fused-ring (bicyclic) bond motifs is 2. The van der Waals surface area contributed by atoms with Crippen molar-refractivity contribution in [2.75, 3.05) is 12.1 Å². The molecule has 2 aromatic rings. The van der Waals surface area contributed by atoms with E-state index in [0.29, 0.717) is 22.9 Å². The molecule has 0 unspecified atom stereocenters. The zero-order valence-electron chi connectivity index (χ0n) is 11.5. The summed E-state index contributed by atoms with van der Waals surface area (Å²) in [5.74, 6) is 2.15. The fourth-order valence-electron chi connectivity index (χ4n) is 2.69. The van der Waals surface area contributed by atoms with Crippen LogP contribution in [0, 0.1) is 0 Å². The molecule has 21 heavy (non-hydrogen) atoms. The van der Waals surface area contributed by atoms with E-state index in [2.05, 4.69) is 14.9 Å². The van der Waals surface area contributed by atoms with Crippen LogP contribution < -0.4 is 14.8 Å². The minimum Gasteiger partial charge on any atom is -0.454 e. The Balaban J connectivity index is 1.54. The first-order chi connectivity index (χ1) is 10.3. The Bertz CT molecular complexity index is 685. The Morgan fingerprint density at radius 1 is 1.24 bits per heavy atom. The lowest BCUT2D eigenvalue weighted by Gasteiger charge is -2.11. The normalized spacial score (nSPS) is 15.6. The van der Waals surface area contributed by atoms with Crippen molar-refractivity contribution < 1.29 is 14.3 Å². The molecule has 0 spiro atoms. The Kier molecular flexibility index (Phi) is 2.80. The lowest BCUT2D eigenvalue weighted by atomic mass is 10.2. The maximum absolute atomic E-state index is 12.3. The second kappa shape index (κ2) is 4.80. The molecule has 0 saturated heterocycles. The van der Waals surface area contributed by atoms with Crippen molar-refractivity contribution in [1.29, 1.82) is 0 Å². The second-order valence-electron chi connectivity index (χ2n) is 5.22. The Labute approximate surface area is 121 Å². The van der Waals surface area contributed by atoms with Crippen molar-refractivity contribution in [1.82, 2.24) is 9.55 Å². The van der Waals surface area contributed by atoms with Crippen molar-refractivity contribution in [2.45, 2.75) is 25.8 Å². The number of hydrogen-bond acceptors (Lipinski definition) is 4. The Morgan fingerprint density at radius 2 is 2.14 bits per heavy atom. The number of hydrogen-bond donors (Lipinski definition) is 1. The van der Waals surface area contributed by atoms with E-state index in [1.165, 1.54) is 0 Å². The first-order valence-corrected chi connectivity index (χ1v) is 7.07. The van der Waals surface area contributed by atoms with Crippen molar-refractivity contribution in [3.63, 3.8) is 0 Å². The third-order valence-corrected chi connectivity index (χ3v) is 3.77. The number of nitrogens with one attached hydrogen (secondary N) is 1. The van der Waals surface area contributed by atoms with Gasteiger partial charge in [0.15, 0.2) is 11.5 Å². The second-order valence-corrected chi connectivity index (χ2v) is 5.22. The first kappa shape index (κ1) is 12.3. The number of carbonyl (C=O) groups excluding carboxylic acids is 1. The van der Waals surface area contributed by atoms with Gasteiger partial charge in [-0.2, -0.15) is 0 Å². The summed E-state index contributed by atoms with van der Waals surface area (Å²) in [6, 6.07) is 5.34. The highest BCUT2D eigenvalue weighted by molar-refractivity contribution is 6.03. The number of nitrogens with zero attached hydrogens (tertiary/aromatic N) is 2. The van der Waals surface area contributed by atoms with E-state index >= 15 is 0 Å². The van der Waals surface area contributed by atoms with Gasteiger partial charge in [0.1, 0.15) is 11.5 Å². The van der Waals surface area contributed by atoms with Gasteiger partial charge in [0, 0.05) is 30.9 Å². The standard InChI is InChI=1S/C15H15N3O3/c19-15(11-8-18-6-2-1-3-14(18)17-11)16-10-4-5-12-13(7-10)21-9-20-12/h4-5,7-8H,1-3,6,9H2,(H,16,19). The van der Waals surface area contributed by atoms with Crippen molar-refractivity contribution >= 4 is 11.6 Å². The molecule has 2 aliphatic rings. The minimum atomic E-state index is -0.198. The average molecular weight is 285 g/mol. The van der Waals surface area contributed by atoms with Gasteiger partial charge in [-0.05, 0) is 25.0 Å². The predicted molar refractivity (Wildman–Crippen MR) is 75.7 cm³/mol. The third kappa shape index (κ3) is 2.22. The number of ether oxygens (including phenoxy) is 2. The number of benzene rings is 1. The molecule has 1 N–H and O–H groups in total. The van der Waals surface area contributed by atoms with Crippen molar-refractivity contribution in [3.05, 3.63) is 35.9 Å². The number of carbonyl (C=O) groups is 1. The summed E-state index contributed by atoms with van der Waals surface area (Å²) in [5.41, 5.74) is 1.14. The lowest BCUT2D eigenvalue weighted by molar-refractivity contribution is 0.102. The smallest absolute Gasteiger partial charge is 0.275 e. The lowest BCUT2D eigenvalue weighted by Crippen LogP contribution is -2.12. The molecular formula is C15H15N3O3. The van der Waals surface area contributed by atoms with E-state index in [1.807, 2.05) is 6.20 Å². The molecule has 0 aliphatic carbocycles. The van der Waals surface area contributed by atoms with Crippen LogP contribution in [0.3, 0.4) is 0 Å². The van der Waals surface area contributed by atoms with Crippen LogP contribution in [0.5, 0.6) is 11.5 Å². The molecule has 0 atom stereocenters. The Morgan fingerprint density at radius 3 is 3.05 bits per heavy atom. The van der Waals surface area contributed by atoms with Crippen LogP contribution in [0.1, 0.15) is 29.2 Å². The van der Waals surface area contributed by atoms with Crippen molar-refractivity contribution in [2.24, 2.45) is 0 Å². The molecule has 0 saturated carbocycles. The fourth-order valence-corrected chi connectivity index (χ4v) is 2.69. The summed E-state index contributed by atoms with van der Waals surface area (Å²) in [6.45, 7) is 1.17. The van der Waals surface area contributed by atoms with Gasteiger partial charge in [-0.3, -0.25) is 4.79 Å². The maximum Gasteiger partial charge on any atom is 0.275 e. The van der Waals surface area contributed by atoms with E-state index in [0.717, 1.165) is 31.6 Å². The van der Waals surface area contributed by atoms with Crippen LogP contribution in [0.2, 0.25) is 0 Å². The van der Waals surface area contributed by atoms with E-state index in [-0.39, 0.29) is 12.7 Å². The molecule has 0 fully saturated rings. The average Bonchev–Trinajstić information content (AvgIpc) is 3.13. The molecule has 1 amide bonds. The van der Waals surface area contributed by atoms with Gasteiger partial charge in [0.25, 0.3) is 5.91 Å². The molecule has 108 valence electrons. The largest absolute Gasteiger partial charge is 0.454 e.